The molecule has 1 saturated carbocycles. The van der Waals surface area contributed by atoms with Crippen molar-refractivity contribution in [2.45, 2.75) is 57.1 Å². The smallest absolute Gasteiger partial charge is 0.171 e. The minimum absolute atomic E-state index is 0.0576. The molecule has 0 aromatic heterocycles. The Morgan fingerprint density at radius 1 is 1.28 bits per heavy atom. The predicted octanol–water partition coefficient (Wildman–Crippen LogP) is 0.391. The summed E-state index contributed by atoms with van der Waals surface area (Å²) in [4.78, 5) is 0. The number of hydrogen-bond donors (Lipinski definition) is 3. The van der Waals surface area contributed by atoms with Gasteiger partial charge in [-0.3, -0.25) is 5.43 Å². The normalized spacial score (nSPS) is 45.3. The molecule has 0 aromatic carbocycles. The van der Waals surface area contributed by atoms with Crippen molar-refractivity contribution in [2.75, 3.05) is 13.2 Å². The third-order valence-corrected chi connectivity index (χ3v) is 4.70. The molecule has 6 unspecified atom stereocenters. The zero-order chi connectivity index (χ0) is 12.5. The molecule has 0 radical (unpaired) electrons. The largest absolute Gasteiger partial charge is 0.377 e. The molecular formula is C13H24N2O3. The molecule has 0 spiro atoms. The van der Waals surface area contributed by atoms with E-state index in [1.807, 2.05) is 6.92 Å². The number of ether oxygens (including phenoxy) is 2. The van der Waals surface area contributed by atoms with Crippen molar-refractivity contribution in [1.29, 1.82) is 0 Å². The molecule has 3 aliphatic rings. The first-order valence-corrected chi connectivity index (χ1v) is 7.23. The van der Waals surface area contributed by atoms with E-state index in [0.29, 0.717) is 30.6 Å². The second-order valence-electron chi connectivity index (χ2n) is 5.67. The van der Waals surface area contributed by atoms with Crippen molar-refractivity contribution in [3.05, 3.63) is 0 Å². The van der Waals surface area contributed by atoms with Crippen LogP contribution >= 0.6 is 0 Å². The highest BCUT2D eigenvalue weighted by Crippen LogP contribution is 2.39. The molecule has 0 aromatic rings. The van der Waals surface area contributed by atoms with Gasteiger partial charge in [0.25, 0.3) is 0 Å². The Hall–Kier alpha value is -0.200. The van der Waals surface area contributed by atoms with Crippen LogP contribution in [-0.2, 0) is 9.47 Å². The van der Waals surface area contributed by atoms with Crippen molar-refractivity contribution >= 4 is 0 Å². The molecule has 18 heavy (non-hydrogen) atoms. The standard InChI is InChI=1S/C13H24N2O3/c1-2-17-13(16)12-9-7-18-10-6-4-3-5-8(10)11(9)14-15-12/h8-16H,2-7H2,1H3. The molecule has 5 heteroatoms. The van der Waals surface area contributed by atoms with Gasteiger partial charge in [-0.1, -0.05) is 12.8 Å². The van der Waals surface area contributed by atoms with Gasteiger partial charge in [0.1, 0.15) is 0 Å². The molecule has 6 atom stereocenters. The van der Waals surface area contributed by atoms with E-state index in [1.54, 1.807) is 0 Å². The lowest BCUT2D eigenvalue weighted by Crippen LogP contribution is -2.52. The van der Waals surface area contributed by atoms with Gasteiger partial charge in [-0.05, 0) is 19.8 Å². The number of nitrogens with one attached hydrogen (secondary N) is 2. The van der Waals surface area contributed by atoms with Crippen LogP contribution in [0.15, 0.2) is 0 Å². The highest BCUT2D eigenvalue weighted by molar-refractivity contribution is 5.01. The minimum atomic E-state index is -0.749. The van der Waals surface area contributed by atoms with E-state index >= 15 is 0 Å². The number of hydrogen-bond acceptors (Lipinski definition) is 5. The predicted molar refractivity (Wildman–Crippen MR) is 66.7 cm³/mol. The maximum atomic E-state index is 10.0. The Balaban J connectivity index is 1.68. The fourth-order valence-corrected chi connectivity index (χ4v) is 3.80. The summed E-state index contributed by atoms with van der Waals surface area (Å²) in [5.74, 6) is 0.898. The number of aliphatic hydroxyl groups excluding tert-OH is 1. The summed E-state index contributed by atoms with van der Waals surface area (Å²) in [7, 11) is 0. The first-order chi connectivity index (χ1) is 8.81. The van der Waals surface area contributed by atoms with Crippen LogP contribution < -0.4 is 10.9 Å². The van der Waals surface area contributed by atoms with Gasteiger partial charge in [0.2, 0.25) is 0 Å². The molecule has 3 rings (SSSR count). The van der Waals surface area contributed by atoms with Gasteiger partial charge in [-0.25, -0.2) is 5.43 Å². The van der Waals surface area contributed by atoms with E-state index in [-0.39, 0.29) is 6.04 Å². The Morgan fingerprint density at radius 2 is 2.11 bits per heavy atom. The molecule has 0 bridgehead atoms. The van der Waals surface area contributed by atoms with Crippen molar-refractivity contribution < 1.29 is 14.6 Å². The number of hydrazine groups is 1. The molecule has 0 amide bonds. The molecule has 3 fully saturated rings. The molecule has 5 nitrogen and oxygen atoms in total. The molecule has 3 N–H and O–H groups in total. The van der Waals surface area contributed by atoms with Crippen LogP contribution in [0.5, 0.6) is 0 Å². The Kier molecular flexibility index (Phi) is 3.86. The highest BCUT2D eigenvalue weighted by Gasteiger charge is 2.49. The minimum Gasteiger partial charge on any atom is -0.377 e. The van der Waals surface area contributed by atoms with Gasteiger partial charge in [-0.2, -0.15) is 0 Å². The van der Waals surface area contributed by atoms with E-state index in [1.165, 1.54) is 25.7 Å². The van der Waals surface area contributed by atoms with Crippen molar-refractivity contribution in [1.82, 2.24) is 10.9 Å². The molecular weight excluding hydrogens is 232 g/mol. The van der Waals surface area contributed by atoms with E-state index in [9.17, 15) is 5.11 Å². The van der Waals surface area contributed by atoms with Crippen LogP contribution in [0.2, 0.25) is 0 Å². The quantitative estimate of drug-likeness (QED) is 0.638. The summed E-state index contributed by atoms with van der Waals surface area (Å²) in [6, 6.07) is 0.363. The molecule has 1 aliphatic carbocycles. The number of fused-ring (bicyclic) bond motifs is 3. The van der Waals surface area contributed by atoms with Gasteiger partial charge in [0.05, 0.1) is 18.8 Å². The molecule has 104 valence electrons. The van der Waals surface area contributed by atoms with Crippen LogP contribution in [0.3, 0.4) is 0 Å². The Labute approximate surface area is 108 Å². The maximum absolute atomic E-state index is 10.0. The Bertz CT molecular complexity index is 289. The fourth-order valence-electron chi connectivity index (χ4n) is 3.80. The monoisotopic (exact) mass is 256 g/mol. The lowest BCUT2D eigenvalue weighted by Gasteiger charge is -2.43. The van der Waals surface area contributed by atoms with Crippen molar-refractivity contribution in [2.24, 2.45) is 11.8 Å². The highest BCUT2D eigenvalue weighted by atomic mass is 16.6. The molecule has 2 aliphatic heterocycles. The van der Waals surface area contributed by atoms with Gasteiger partial charge < -0.3 is 14.6 Å². The summed E-state index contributed by atoms with van der Waals surface area (Å²) >= 11 is 0. The number of rotatable bonds is 3. The first kappa shape index (κ1) is 12.8. The van der Waals surface area contributed by atoms with Gasteiger partial charge in [-0.15, -0.1) is 0 Å². The summed E-state index contributed by atoms with van der Waals surface area (Å²) in [6.45, 7) is 3.15. The van der Waals surface area contributed by atoms with E-state index in [4.69, 9.17) is 9.47 Å². The van der Waals surface area contributed by atoms with E-state index in [2.05, 4.69) is 10.9 Å². The SMILES string of the molecule is CCOC(O)C1NNC2C3CCCCC3OCC12. The summed E-state index contributed by atoms with van der Waals surface area (Å²) in [6.07, 6.45) is 4.68. The number of aliphatic hydroxyl groups is 1. The molecule has 2 heterocycles. The average molecular weight is 256 g/mol. The molecule has 2 saturated heterocycles. The third kappa shape index (κ3) is 2.18. The average Bonchev–Trinajstić information content (AvgIpc) is 2.83. The fraction of sp³-hybridized carbons (Fsp3) is 1.00. The lowest BCUT2D eigenvalue weighted by molar-refractivity contribution is -0.142. The maximum Gasteiger partial charge on any atom is 0.171 e. The van der Waals surface area contributed by atoms with Gasteiger partial charge in [0, 0.05) is 24.5 Å². The zero-order valence-electron chi connectivity index (χ0n) is 11.0. The summed E-state index contributed by atoms with van der Waals surface area (Å²) < 4.78 is 11.3. The first-order valence-electron chi connectivity index (χ1n) is 7.23. The summed E-state index contributed by atoms with van der Waals surface area (Å²) in [5, 5.41) is 10.0. The van der Waals surface area contributed by atoms with Crippen LogP contribution in [0, 0.1) is 11.8 Å². The summed E-state index contributed by atoms with van der Waals surface area (Å²) in [5.41, 5.74) is 6.59. The third-order valence-electron chi connectivity index (χ3n) is 4.70. The van der Waals surface area contributed by atoms with Gasteiger partial charge in [0.15, 0.2) is 6.29 Å². The topological polar surface area (TPSA) is 62.8 Å². The Morgan fingerprint density at radius 3 is 2.94 bits per heavy atom. The second-order valence-corrected chi connectivity index (χ2v) is 5.67. The second kappa shape index (κ2) is 5.43. The van der Waals surface area contributed by atoms with Crippen LogP contribution in [0.25, 0.3) is 0 Å². The van der Waals surface area contributed by atoms with Crippen LogP contribution in [-0.4, -0.2) is 42.8 Å². The van der Waals surface area contributed by atoms with Crippen LogP contribution in [0.4, 0.5) is 0 Å². The van der Waals surface area contributed by atoms with Crippen molar-refractivity contribution in [3.8, 4) is 0 Å². The van der Waals surface area contributed by atoms with E-state index < -0.39 is 6.29 Å². The zero-order valence-corrected chi connectivity index (χ0v) is 11.0. The lowest BCUT2D eigenvalue weighted by atomic mass is 9.74. The van der Waals surface area contributed by atoms with Crippen LogP contribution in [0.1, 0.15) is 32.6 Å². The van der Waals surface area contributed by atoms with Crippen molar-refractivity contribution in [3.63, 3.8) is 0 Å². The van der Waals surface area contributed by atoms with E-state index in [0.717, 1.165) is 6.61 Å². The van der Waals surface area contributed by atoms with Gasteiger partial charge >= 0.3 is 0 Å².